The fraction of sp³-hybridized carbons (Fsp3) is 0.176. The van der Waals surface area contributed by atoms with E-state index in [1.807, 2.05) is 36.4 Å². The van der Waals surface area contributed by atoms with E-state index in [0.29, 0.717) is 12.8 Å². The van der Waals surface area contributed by atoms with Crippen LogP contribution in [0.1, 0.15) is 12.0 Å². The van der Waals surface area contributed by atoms with Crippen LogP contribution in [-0.2, 0) is 11.2 Å². The topological polar surface area (TPSA) is 67.0 Å². The summed E-state index contributed by atoms with van der Waals surface area (Å²) in [5.41, 5.74) is 3.78. The number of aromatic amines is 1. The lowest BCUT2D eigenvalue weighted by molar-refractivity contribution is -0.116. The molecule has 0 aliphatic heterocycles. The molecular weight excluding hydrogens is 278 g/mol. The van der Waals surface area contributed by atoms with Crippen molar-refractivity contribution in [1.29, 1.82) is 0 Å². The van der Waals surface area contributed by atoms with E-state index in [0.717, 1.165) is 28.0 Å². The molecule has 1 amide bonds. The van der Waals surface area contributed by atoms with Crippen LogP contribution in [0.25, 0.3) is 11.0 Å². The Bertz CT molecular complexity index is 795. The number of benzene rings is 2. The maximum atomic E-state index is 12.0. The molecule has 0 atom stereocenters. The molecule has 3 aromatic rings. The number of amides is 1. The molecule has 0 aliphatic rings. The van der Waals surface area contributed by atoms with Gasteiger partial charge in [-0.05, 0) is 36.2 Å². The van der Waals surface area contributed by atoms with Crippen LogP contribution in [0.15, 0.2) is 48.8 Å². The number of hydrogen-bond donors (Lipinski definition) is 2. The number of H-pyrrole nitrogens is 1. The van der Waals surface area contributed by atoms with E-state index in [4.69, 9.17) is 4.74 Å². The van der Waals surface area contributed by atoms with Gasteiger partial charge in [0.25, 0.3) is 0 Å². The molecule has 2 aromatic carbocycles. The molecular formula is C17H17N3O2. The summed E-state index contributed by atoms with van der Waals surface area (Å²) in [7, 11) is 1.60. The molecule has 0 unspecified atom stereocenters. The number of methoxy groups -OCH3 is 1. The first-order valence-electron chi connectivity index (χ1n) is 7.10. The summed E-state index contributed by atoms with van der Waals surface area (Å²) < 4.78 is 5.14. The number of fused-ring (bicyclic) bond motifs is 1. The van der Waals surface area contributed by atoms with Gasteiger partial charge in [-0.2, -0.15) is 0 Å². The quantitative estimate of drug-likeness (QED) is 0.760. The minimum absolute atomic E-state index is 0.0158. The highest BCUT2D eigenvalue weighted by molar-refractivity contribution is 5.91. The molecule has 0 saturated carbocycles. The van der Waals surface area contributed by atoms with Crippen molar-refractivity contribution in [3.05, 3.63) is 54.4 Å². The molecule has 0 fully saturated rings. The first-order valence-corrected chi connectivity index (χ1v) is 7.10. The number of aryl methyl sites for hydroxylation is 1. The highest BCUT2D eigenvalue weighted by atomic mass is 16.5. The largest absolute Gasteiger partial charge is 0.497 e. The minimum Gasteiger partial charge on any atom is -0.497 e. The van der Waals surface area contributed by atoms with E-state index in [-0.39, 0.29) is 5.91 Å². The van der Waals surface area contributed by atoms with Crippen molar-refractivity contribution < 1.29 is 9.53 Å². The van der Waals surface area contributed by atoms with E-state index in [1.165, 1.54) is 0 Å². The highest BCUT2D eigenvalue weighted by Gasteiger charge is 2.05. The Kier molecular flexibility index (Phi) is 4.05. The number of aromatic nitrogens is 2. The first kappa shape index (κ1) is 14.1. The zero-order valence-electron chi connectivity index (χ0n) is 12.3. The fourth-order valence-corrected chi connectivity index (χ4v) is 2.32. The molecule has 0 radical (unpaired) electrons. The molecule has 112 valence electrons. The molecule has 0 bridgehead atoms. The number of rotatable bonds is 5. The van der Waals surface area contributed by atoms with Crippen molar-refractivity contribution in [2.45, 2.75) is 12.8 Å². The van der Waals surface area contributed by atoms with E-state index in [1.54, 1.807) is 19.5 Å². The fourth-order valence-electron chi connectivity index (χ4n) is 2.32. The summed E-state index contributed by atoms with van der Waals surface area (Å²) in [6.45, 7) is 0. The van der Waals surface area contributed by atoms with Crippen molar-refractivity contribution >= 4 is 22.6 Å². The average Bonchev–Trinajstić information content (AvgIpc) is 3.00. The zero-order valence-corrected chi connectivity index (χ0v) is 12.3. The Balaban J connectivity index is 1.59. The summed E-state index contributed by atoms with van der Waals surface area (Å²) in [5.74, 6) is 0.709. The van der Waals surface area contributed by atoms with Crippen LogP contribution in [0.5, 0.6) is 5.75 Å². The number of imidazole rings is 1. The lowest BCUT2D eigenvalue weighted by Crippen LogP contribution is -2.12. The van der Waals surface area contributed by atoms with Crippen LogP contribution in [0.2, 0.25) is 0 Å². The maximum absolute atomic E-state index is 12.0. The van der Waals surface area contributed by atoms with Crippen LogP contribution in [0.4, 0.5) is 5.69 Å². The lowest BCUT2D eigenvalue weighted by atomic mass is 10.1. The van der Waals surface area contributed by atoms with Gasteiger partial charge in [-0.15, -0.1) is 0 Å². The first-order chi connectivity index (χ1) is 10.7. The molecule has 3 rings (SSSR count). The van der Waals surface area contributed by atoms with E-state index in [9.17, 15) is 4.79 Å². The molecule has 5 heteroatoms. The monoisotopic (exact) mass is 295 g/mol. The average molecular weight is 295 g/mol. The normalized spacial score (nSPS) is 10.6. The lowest BCUT2D eigenvalue weighted by Gasteiger charge is -2.07. The number of carbonyl (C=O) groups excluding carboxylic acids is 1. The SMILES string of the molecule is COc1cccc(NC(=O)CCc2ccc3nc[nH]c3c2)c1. The second-order valence-corrected chi connectivity index (χ2v) is 5.03. The summed E-state index contributed by atoms with van der Waals surface area (Å²) in [4.78, 5) is 19.3. The standard InChI is InChI=1S/C17H17N3O2/c1-22-14-4-2-3-13(10-14)20-17(21)8-6-12-5-7-15-16(9-12)19-11-18-15/h2-5,7,9-11H,6,8H2,1H3,(H,18,19)(H,20,21). The number of carbonyl (C=O) groups is 1. The van der Waals surface area contributed by atoms with Gasteiger partial charge < -0.3 is 15.0 Å². The van der Waals surface area contributed by atoms with Crippen molar-refractivity contribution in [1.82, 2.24) is 9.97 Å². The van der Waals surface area contributed by atoms with Crippen LogP contribution in [-0.4, -0.2) is 23.0 Å². The van der Waals surface area contributed by atoms with E-state index >= 15 is 0 Å². The maximum Gasteiger partial charge on any atom is 0.224 e. The number of nitrogens with one attached hydrogen (secondary N) is 2. The smallest absolute Gasteiger partial charge is 0.224 e. The van der Waals surface area contributed by atoms with Gasteiger partial charge in [-0.1, -0.05) is 12.1 Å². The summed E-state index contributed by atoms with van der Waals surface area (Å²) in [6, 6.07) is 13.3. The number of nitrogens with zero attached hydrogens (tertiary/aromatic N) is 1. The molecule has 0 saturated heterocycles. The van der Waals surface area contributed by atoms with Crippen molar-refractivity contribution in [2.75, 3.05) is 12.4 Å². The molecule has 2 N–H and O–H groups in total. The van der Waals surface area contributed by atoms with Gasteiger partial charge in [0.15, 0.2) is 0 Å². The molecule has 1 aromatic heterocycles. The van der Waals surface area contributed by atoms with Crippen LogP contribution in [0.3, 0.4) is 0 Å². The summed E-state index contributed by atoms with van der Waals surface area (Å²) in [5, 5.41) is 2.88. The van der Waals surface area contributed by atoms with Gasteiger partial charge in [-0.25, -0.2) is 4.98 Å². The molecule has 0 spiro atoms. The van der Waals surface area contributed by atoms with Gasteiger partial charge in [0.2, 0.25) is 5.91 Å². The van der Waals surface area contributed by atoms with Gasteiger partial charge in [0.05, 0.1) is 24.5 Å². The van der Waals surface area contributed by atoms with Crippen LogP contribution in [0, 0.1) is 0 Å². The number of ether oxygens (including phenoxy) is 1. The van der Waals surface area contributed by atoms with E-state index < -0.39 is 0 Å². The van der Waals surface area contributed by atoms with Gasteiger partial charge in [0.1, 0.15) is 5.75 Å². The third-order valence-corrected chi connectivity index (χ3v) is 3.48. The highest BCUT2D eigenvalue weighted by Crippen LogP contribution is 2.17. The summed E-state index contributed by atoms with van der Waals surface area (Å²) in [6.07, 6.45) is 2.78. The zero-order chi connectivity index (χ0) is 15.4. The number of anilines is 1. The Hall–Kier alpha value is -2.82. The van der Waals surface area contributed by atoms with Crippen molar-refractivity contribution in [3.8, 4) is 5.75 Å². The van der Waals surface area contributed by atoms with E-state index in [2.05, 4.69) is 15.3 Å². The van der Waals surface area contributed by atoms with Crippen LogP contribution < -0.4 is 10.1 Å². The Morgan fingerprint density at radius 2 is 2.18 bits per heavy atom. The molecule has 22 heavy (non-hydrogen) atoms. The molecule has 0 aliphatic carbocycles. The second kappa shape index (κ2) is 6.30. The number of hydrogen-bond acceptors (Lipinski definition) is 3. The Labute approximate surface area is 128 Å². The third kappa shape index (κ3) is 3.25. The van der Waals surface area contributed by atoms with Gasteiger partial charge in [-0.3, -0.25) is 4.79 Å². The second-order valence-electron chi connectivity index (χ2n) is 5.03. The van der Waals surface area contributed by atoms with Gasteiger partial charge in [0, 0.05) is 18.2 Å². The Morgan fingerprint density at radius 3 is 3.05 bits per heavy atom. The molecule has 1 heterocycles. The molecule has 5 nitrogen and oxygen atoms in total. The van der Waals surface area contributed by atoms with Gasteiger partial charge >= 0.3 is 0 Å². The predicted octanol–water partition coefficient (Wildman–Crippen LogP) is 3.14. The Morgan fingerprint density at radius 1 is 1.27 bits per heavy atom. The predicted molar refractivity (Wildman–Crippen MR) is 86.0 cm³/mol. The van der Waals surface area contributed by atoms with Crippen molar-refractivity contribution in [3.63, 3.8) is 0 Å². The minimum atomic E-state index is -0.0158. The third-order valence-electron chi connectivity index (χ3n) is 3.48. The van der Waals surface area contributed by atoms with Crippen molar-refractivity contribution in [2.24, 2.45) is 0 Å². The summed E-state index contributed by atoms with van der Waals surface area (Å²) >= 11 is 0. The van der Waals surface area contributed by atoms with Crippen LogP contribution >= 0.6 is 0 Å².